The summed E-state index contributed by atoms with van der Waals surface area (Å²) in [4.78, 5) is 15.7. The van der Waals surface area contributed by atoms with E-state index in [-0.39, 0.29) is 11.8 Å². The van der Waals surface area contributed by atoms with E-state index in [0.29, 0.717) is 5.02 Å². The topological polar surface area (TPSA) is 42.0 Å². The number of nitrogens with zero attached hydrogens (tertiary/aromatic N) is 1. The van der Waals surface area contributed by atoms with E-state index in [1.807, 2.05) is 18.2 Å². The smallest absolute Gasteiger partial charge is 0.227 e. The molecule has 0 unspecified atom stereocenters. The molecule has 1 aromatic carbocycles. The van der Waals surface area contributed by atoms with Crippen molar-refractivity contribution >= 4 is 34.0 Å². The van der Waals surface area contributed by atoms with Crippen molar-refractivity contribution in [3.8, 4) is 0 Å². The van der Waals surface area contributed by atoms with Gasteiger partial charge < -0.3 is 5.32 Å². The zero-order valence-corrected chi connectivity index (χ0v) is 9.87. The van der Waals surface area contributed by atoms with Crippen molar-refractivity contribution in [2.24, 2.45) is 5.92 Å². The average Bonchev–Trinajstić information content (AvgIpc) is 3.14. The van der Waals surface area contributed by atoms with Crippen molar-refractivity contribution < 1.29 is 4.79 Å². The second-order valence-corrected chi connectivity index (χ2v) is 4.73. The van der Waals surface area contributed by atoms with Gasteiger partial charge in [0, 0.05) is 34.8 Å². The first kappa shape index (κ1) is 10.5. The fourth-order valence-corrected chi connectivity index (χ4v) is 2.02. The first-order valence-electron chi connectivity index (χ1n) is 5.58. The number of rotatable bonds is 2. The molecule has 1 aliphatic rings. The van der Waals surface area contributed by atoms with Crippen LogP contribution in [0.15, 0.2) is 30.6 Å². The van der Waals surface area contributed by atoms with Gasteiger partial charge in [0.25, 0.3) is 0 Å². The average molecular weight is 247 g/mol. The lowest BCUT2D eigenvalue weighted by Crippen LogP contribution is -2.13. The van der Waals surface area contributed by atoms with E-state index in [2.05, 4.69) is 10.3 Å². The first-order valence-corrected chi connectivity index (χ1v) is 5.96. The number of hydrogen-bond donors (Lipinski definition) is 1. The molecule has 0 radical (unpaired) electrons. The Bertz CT molecular complexity index is 593. The van der Waals surface area contributed by atoms with Crippen molar-refractivity contribution in [2.45, 2.75) is 12.8 Å². The molecule has 0 spiro atoms. The predicted octanol–water partition coefficient (Wildman–Crippen LogP) is 3.24. The molecule has 1 fully saturated rings. The van der Waals surface area contributed by atoms with Crippen LogP contribution < -0.4 is 5.32 Å². The molecule has 1 aliphatic carbocycles. The van der Waals surface area contributed by atoms with E-state index in [4.69, 9.17) is 11.6 Å². The fraction of sp³-hybridized carbons (Fsp3) is 0.231. The van der Waals surface area contributed by atoms with Gasteiger partial charge in [-0.2, -0.15) is 0 Å². The predicted molar refractivity (Wildman–Crippen MR) is 68.1 cm³/mol. The van der Waals surface area contributed by atoms with Gasteiger partial charge in [0.15, 0.2) is 0 Å². The normalized spacial score (nSPS) is 14.9. The molecule has 17 heavy (non-hydrogen) atoms. The maximum absolute atomic E-state index is 11.6. The molecular weight excluding hydrogens is 236 g/mol. The van der Waals surface area contributed by atoms with Crippen molar-refractivity contribution in [1.82, 2.24) is 4.98 Å². The van der Waals surface area contributed by atoms with Gasteiger partial charge in [0.2, 0.25) is 5.91 Å². The Morgan fingerprint density at radius 3 is 2.94 bits per heavy atom. The lowest BCUT2D eigenvalue weighted by molar-refractivity contribution is -0.117. The SMILES string of the molecule is O=C(Nc1ccc2cncc(Cl)c2c1)C1CC1. The summed E-state index contributed by atoms with van der Waals surface area (Å²) in [7, 11) is 0. The zero-order chi connectivity index (χ0) is 11.8. The standard InChI is InChI=1S/C13H11ClN2O/c14-12-7-15-6-9-3-4-10(5-11(9)12)16-13(17)8-1-2-8/h3-8H,1-2H2,(H,16,17). The van der Waals surface area contributed by atoms with Gasteiger partial charge in [-0.1, -0.05) is 17.7 Å². The molecule has 1 heterocycles. The summed E-state index contributed by atoms with van der Waals surface area (Å²) >= 11 is 6.07. The Hall–Kier alpha value is -1.61. The largest absolute Gasteiger partial charge is 0.326 e. The Balaban J connectivity index is 1.95. The highest BCUT2D eigenvalue weighted by Crippen LogP contribution is 2.31. The van der Waals surface area contributed by atoms with E-state index < -0.39 is 0 Å². The molecule has 1 N–H and O–H groups in total. The number of nitrogens with one attached hydrogen (secondary N) is 1. The number of aromatic nitrogens is 1. The van der Waals surface area contributed by atoms with E-state index in [1.165, 1.54) is 0 Å². The quantitative estimate of drug-likeness (QED) is 0.884. The molecule has 4 heteroatoms. The third kappa shape index (κ3) is 2.11. The number of anilines is 1. The highest BCUT2D eigenvalue weighted by molar-refractivity contribution is 6.35. The molecule has 1 amide bonds. The number of carbonyl (C=O) groups is 1. The minimum Gasteiger partial charge on any atom is -0.326 e. The van der Waals surface area contributed by atoms with Crippen molar-refractivity contribution in [1.29, 1.82) is 0 Å². The zero-order valence-electron chi connectivity index (χ0n) is 9.11. The van der Waals surface area contributed by atoms with E-state index >= 15 is 0 Å². The fourth-order valence-electron chi connectivity index (χ4n) is 1.80. The molecule has 0 bridgehead atoms. The molecule has 0 aliphatic heterocycles. The Morgan fingerprint density at radius 2 is 2.18 bits per heavy atom. The molecule has 1 aromatic heterocycles. The minimum atomic E-state index is 0.106. The van der Waals surface area contributed by atoms with Gasteiger partial charge in [-0.3, -0.25) is 9.78 Å². The third-order valence-corrected chi connectivity index (χ3v) is 3.23. The summed E-state index contributed by atoms with van der Waals surface area (Å²) in [6.07, 6.45) is 5.37. The van der Waals surface area contributed by atoms with Crippen molar-refractivity contribution in [3.05, 3.63) is 35.6 Å². The lowest BCUT2D eigenvalue weighted by atomic mass is 10.1. The Morgan fingerprint density at radius 1 is 1.35 bits per heavy atom. The summed E-state index contributed by atoms with van der Waals surface area (Å²) in [5.74, 6) is 0.313. The summed E-state index contributed by atoms with van der Waals surface area (Å²) in [5, 5.41) is 5.39. The maximum atomic E-state index is 11.6. The maximum Gasteiger partial charge on any atom is 0.227 e. The van der Waals surface area contributed by atoms with E-state index in [0.717, 1.165) is 29.3 Å². The van der Waals surface area contributed by atoms with Gasteiger partial charge in [0.1, 0.15) is 0 Å². The number of carbonyl (C=O) groups excluding carboxylic acids is 1. The Kier molecular flexibility index (Phi) is 2.48. The summed E-state index contributed by atoms with van der Waals surface area (Å²) in [6.45, 7) is 0. The molecule has 3 nitrogen and oxygen atoms in total. The number of halogens is 1. The number of fused-ring (bicyclic) bond motifs is 1. The van der Waals surface area contributed by atoms with E-state index in [1.54, 1.807) is 12.4 Å². The van der Waals surface area contributed by atoms with Crippen LogP contribution in [0.5, 0.6) is 0 Å². The highest BCUT2D eigenvalue weighted by atomic mass is 35.5. The van der Waals surface area contributed by atoms with Crippen LogP contribution in [-0.4, -0.2) is 10.9 Å². The first-order chi connectivity index (χ1) is 8.24. The lowest BCUT2D eigenvalue weighted by Gasteiger charge is -2.06. The summed E-state index contributed by atoms with van der Waals surface area (Å²) < 4.78 is 0. The van der Waals surface area contributed by atoms with Crippen LogP contribution in [0, 0.1) is 5.92 Å². The van der Waals surface area contributed by atoms with E-state index in [9.17, 15) is 4.79 Å². The molecule has 0 saturated heterocycles. The van der Waals surface area contributed by atoms with Crippen molar-refractivity contribution in [2.75, 3.05) is 5.32 Å². The Labute approximate surface area is 104 Å². The van der Waals surface area contributed by atoms with Crippen LogP contribution in [0.1, 0.15) is 12.8 Å². The third-order valence-electron chi connectivity index (χ3n) is 2.93. The second kappa shape index (κ2) is 4.00. The number of amides is 1. The number of pyridine rings is 1. The second-order valence-electron chi connectivity index (χ2n) is 4.32. The monoisotopic (exact) mass is 246 g/mol. The van der Waals surface area contributed by atoms with Gasteiger partial charge in [0.05, 0.1) is 5.02 Å². The minimum absolute atomic E-state index is 0.106. The molecule has 1 saturated carbocycles. The van der Waals surface area contributed by atoms with Crippen LogP contribution in [0.3, 0.4) is 0 Å². The molecule has 0 atom stereocenters. The van der Waals surface area contributed by atoms with Crippen LogP contribution in [0.25, 0.3) is 10.8 Å². The van der Waals surface area contributed by atoms with Gasteiger partial charge in [-0.05, 0) is 25.0 Å². The van der Waals surface area contributed by atoms with Crippen LogP contribution >= 0.6 is 11.6 Å². The van der Waals surface area contributed by atoms with Crippen LogP contribution in [0.2, 0.25) is 5.02 Å². The number of hydrogen-bond acceptors (Lipinski definition) is 2. The van der Waals surface area contributed by atoms with Gasteiger partial charge >= 0.3 is 0 Å². The molecule has 2 aromatic rings. The molecule has 3 rings (SSSR count). The summed E-state index contributed by atoms with van der Waals surface area (Å²) in [5.41, 5.74) is 0.794. The van der Waals surface area contributed by atoms with Gasteiger partial charge in [-0.15, -0.1) is 0 Å². The van der Waals surface area contributed by atoms with Gasteiger partial charge in [-0.25, -0.2) is 0 Å². The number of benzene rings is 1. The molecular formula is C13H11ClN2O. The summed E-state index contributed by atoms with van der Waals surface area (Å²) in [6, 6.07) is 5.68. The van der Waals surface area contributed by atoms with Crippen molar-refractivity contribution in [3.63, 3.8) is 0 Å². The van der Waals surface area contributed by atoms with Crippen LogP contribution in [0.4, 0.5) is 5.69 Å². The highest BCUT2D eigenvalue weighted by Gasteiger charge is 2.29. The molecule has 86 valence electrons. The van der Waals surface area contributed by atoms with Crippen LogP contribution in [-0.2, 0) is 4.79 Å².